The predicted octanol–water partition coefficient (Wildman–Crippen LogP) is 4.68. The first-order chi connectivity index (χ1) is 11.1. The van der Waals surface area contributed by atoms with Gasteiger partial charge in [0.25, 0.3) is 0 Å². The summed E-state index contributed by atoms with van der Waals surface area (Å²) in [5, 5.41) is 0. The summed E-state index contributed by atoms with van der Waals surface area (Å²) in [6.45, 7) is 9.34. The monoisotopic (exact) mass is 315 g/mol. The molecular formula is C21H33NO. The second-order valence-corrected chi connectivity index (χ2v) is 8.35. The molecule has 0 bridgehead atoms. The number of hydrogen-bond acceptors (Lipinski definition) is 2. The van der Waals surface area contributed by atoms with Crippen LogP contribution in [0.5, 0.6) is 0 Å². The van der Waals surface area contributed by atoms with Gasteiger partial charge >= 0.3 is 0 Å². The first kappa shape index (κ1) is 17.0. The molecule has 1 unspecified atom stereocenters. The van der Waals surface area contributed by atoms with E-state index in [2.05, 4.69) is 49.1 Å². The summed E-state index contributed by atoms with van der Waals surface area (Å²) in [4.78, 5) is 2.69. The van der Waals surface area contributed by atoms with E-state index in [9.17, 15) is 0 Å². The number of rotatable bonds is 5. The van der Waals surface area contributed by atoms with Gasteiger partial charge in [-0.2, -0.15) is 0 Å². The summed E-state index contributed by atoms with van der Waals surface area (Å²) in [6.07, 6.45) is 9.11. The molecule has 2 heterocycles. The van der Waals surface area contributed by atoms with E-state index in [1.807, 2.05) is 0 Å². The van der Waals surface area contributed by atoms with E-state index in [1.165, 1.54) is 70.1 Å². The van der Waals surface area contributed by atoms with E-state index in [0.29, 0.717) is 5.41 Å². The highest BCUT2D eigenvalue weighted by molar-refractivity contribution is 5.17. The lowest BCUT2D eigenvalue weighted by Crippen LogP contribution is -2.44. The van der Waals surface area contributed by atoms with Gasteiger partial charge in [-0.25, -0.2) is 0 Å². The largest absolute Gasteiger partial charge is 0.376 e. The summed E-state index contributed by atoms with van der Waals surface area (Å²) in [5.41, 5.74) is 1.92. The zero-order valence-electron chi connectivity index (χ0n) is 15.0. The van der Waals surface area contributed by atoms with Crippen LogP contribution in [0.2, 0.25) is 0 Å². The van der Waals surface area contributed by atoms with Gasteiger partial charge in [0.1, 0.15) is 0 Å². The number of hydrogen-bond donors (Lipinski definition) is 0. The molecule has 128 valence electrons. The Labute approximate surface area is 142 Å². The van der Waals surface area contributed by atoms with Crippen molar-refractivity contribution in [2.75, 3.05) is 26.2 Å². The van der Waals surface area contributed by atoms with E-state index < -0.39 is 0 Å². The highest BCUT2D eigenvalue weighted by atomic mass is 16.5. The molecule has 0 spiro atoms. The van der Waals surface area contributed by atoms with Crippen LogP contribution in [0.15, 0.2) is 30.3 Å². The van der Waals surface area contributed by atoms with E-state index >= 15 is 0 Å². The molecule has 0 aromatic heterocycles. The van der Waals surface area contributed by atoms with Crippen molar-refractivity contribution in [1.82, 2.24) is 4.90 Å². The molecule has 1 atom stereocenters. The molecule has 2 nitrogen and oxygen atoms in total. The van der Waals surface area contributed by atoms with E-state index in [-0.39, 0.29) is 5.60 Å². The number of ether oxygens (including phenoxy) is 1. The standard InChI is InChI=1S/C21H33NO/c1-20(2)18-21(12-16-23-20,17-19-9-5-3-6-10-19)11-15-22-13-7-4-8-14-22/h3,5-6,9-10H,4,7-8,11-18H2,1-2H3. The van der Waals surface area contributed by atoms with Crippen molar-refractivity contribution in [1.29, 1.82) is 0 Å². The molecule has 2 heteroatoms. The second-order valence-electron chi connectivity index (χ2n) is 8.35. The third kappa shape index (κ3) is 4.81. The minimum Gasteiger partial charge on any atom is -0.376 e. The topological polar surface area (TPSA) is 12.5 Å². The molecule has 0 radical (unpaired) electrons. The maximum absolute atomic E-state index is 6.04. The third-order valence-corrected chi connectivity index (χ3v) is 5.75. The van der Waals surface area contributed by atoms with Gasteiger partial charge in [-0.1, -0.05) is 36.8 Å². The molecular weight excluding hydrogens is 282 g/mol. The molecule has 3 rings (SSSR count). The lowest BCUT2D eigenvalue weighted by atomic mass is 9.68. The van der Waals surface area contributed by atoms with Gasteiger partial charge in [0.15, 0.2) is 0 Å². The van der Waals surface area contributed by atoms with Crippen LogP contribution in [0.1, 0.15) is 57.9 Å². The van der Waals surface area contributed by atoms with Gasteiger partial charge in [-0.3, -0.25) is 0 Å². The normalized spacial score (nSPS) is 28.6. The molecule has 2 saturated heterocycles. The van der Waals surface area contributed by atoms with Gasteiger partial charge in [-0.15, -0.1) is 0 Å². The Morgan fingerprint density at radius 3 is 2.48 bits per heavy atom. The van der Waals surface area contributed by atoms with Gasteiger partial charge in [-0.05, 0) is 83.0 Å². The Kier molecular flexibility index (Phi) is 5.43. The number of benzene rings is 1. The van der Waals surface area contributed by atoms with Crippen molar-refractivity contribution < 1.29 is 4.74 Å². The third-order valence-electron chi connectivity index (χ3n) is 5.75. The summed E-state index contributed by atoms with van der Waals surface area (Å²) < 4.78 is 6.04. The lowest BCUT2D eigenvalue weighted by molar-refractivity contribution is -0.109. The SMILES string of the molecule is CC1(C)CC(CCN2CCCCC2)(Cc2ccccc2)CCO1. The molecule has 2 aliphatic heterocycles. The van der Waals surface area contributed by atoms with Gasteiger partial charge in [0, 0.05) is 6.61 Å². The second kappa shape index (κ2) is 7.36. The Hall–Kier alpha value is -0.860. The van der Waals surface area contributed by atoms with Crippen LogP contribution in [-0.2, 0) is 11.2 Å². The summed E-state index contributed by atoms with van der Waals surface area (Å²) in [6, 6.07) is 11.1. The van der Waals surface area contributed by atoms with Crippen molar-refractivity contribution in [2.45, 2.75) is 64.4 Å². The summed E-state index contributed by atoms with van der Waals surface area (Å²) in [7, 11) is 0. The Bertz CT molecular complexity index is 478. The molecule has 23 heavy (non-hydrogen) atoms. The van der Waals surface area contributed by atoms with Crippen molar-refractivity contribution in [2.24, 2.45) is 5.41 Å². The van der Waals surface area contributed by atoms with Gasteiger partial charge in [0.05, 0.1) is 5.60 Å². The minimum atomic E-state index is 0.0227. The molecule has 0 amide bonds. The molecule has 2 aliphatic rings. The first-order valence-electron chi connectivity index (χ1n) is 9.47. The van der Waals surface area contributed by atoms with Crippen LogP contribution in [-0.4, -0.2) is 36.7 Å². The Balaban J connectivity index is 1.70. The van der Waals surface area contributed by atoms with Gasteiger partial charge < -0.3 is 9.64 Å². The maximum Gasteiger partial charge on any atom is 0.0631 e. The van der Waals surface area contributed by atoms with Crippen LogP contribution in [0.4, 0.5) is 0 Å². The minimum absolute atomic E-state index is 0.0227. The molecule has 1 aromatic carbocycles. The summed E-state index contributed by atoms with van der Waals surface area (Å²) >= 11 is 0. The highest BCUT2D eigenvalue weighted by Crippen LogP contribution is 2.44. The van der Waals surface area contributed by atoms with Crippen LogP contribution in [0.3, 0.4) is 0 Å². The summed E-state index contributed by atoms with van der Waals surface area (Å²) in [5.74, 6) is 0. The zero-order chi connectivity index (χ0) is 16.2. The highest BCUT2D eigenvalue weighted by Gasteiger charge is 2.40. The van der Waals surface area contributed by atoms with Crippen molar-refractivity contribution in [3.63, 3.8) is 0 Å². The molecule has 0 saturated carbocycles. The van der Waals surface area contributed by atoms with Crippen LogP contribution in [0.25, 0.3) is 0 Å². The Morgan fingerprint density at radius 1 is 1.04 bits per heavy atom. The fraction of sp³-hybridized carbons (Fsp3) is 0.714. The predicted molar refractivity (Wildman–Crippen MR) is 96.8 cm³/mol. The maximum atomic E-state index is 6.04. The average Bonchev–Trinajstić information content (AvgIpc) is 2.54. The van der Waals surface area contributed by atoms with Crippen LogP contribution >= 0.6 is 0 Å². The molecule has 0 N–H and O–H groups in total. The fourth-order valence-electron chi connectivity index (χ4n) is 4.65. The average molecular weight is 316 g/mol. The van der Waals surface area contributed by atoms with Crippen molar-refractivity contribution >= 4 is 0 Å². The van der Waals surface area contributed by atoms with E-state index in [0.717, 1.165) is 6.61 Å². The molecule has 2 fully saturated rings. The number of likely N-dealkylation sites (tertiary alicyclic amines) is 1. The Morgan fingerprint density at radius 2 is 1.78 bits per heavy atom. The number of piperidine rings is 1. The lowest BCUT2D eigenvalue weighted by Gasteiger charge is -2.46. The molecule has 1 aromatic rings. The fourth-order valence-corrected chi connectivity index (χ4v) is 4.65. The van der Waals surface area contributed by atoms with E-state index in [1.54, 1.807) is 0 Å². The smallest absolute Gasteiger partial charge is 0.0631 e. The van der Waals surface area contributed by atoms with Crippen LogP contribution < -0.4 is 0 Å². The van der Waals surface area contributed by atoms with Crippen molar-refractivity contribution in [3.05, 3.63) is 35.9 Å². The van der Waals surface area contributed by atoms with Crippen LogP contribution in [0, 0.1) is 5.41 Å². The first-order valence-corrected chi connectivity index (χ1v) is 9.47. The molecule has 0 aliphatic carbocycles. The quantitative estimate of drug-likeness (QED) is 0.782. The van der Waals surface area contributed by atoms with Crippen molar-refractivity contribution in [3.8, 4) is 0 Å². The zero-order valence-corrected chi connectivity index (χ0v) is 15.0. The van der Waals surface area contributed by atoms with Gasteiger partial charge in [0.2, 0.25) is 0 Å². The van der Waals surface area contributed by atoms with E-state index in [4.69, 9.17) is 4.74 Å². The number of nitrogens with zero attached hydrogens (tertiary/aromatic N) is 1.